The van der Waals surface area contributed by atoms with Gasteiger partial charge in [-0.1, -0.05) is 18.2 Å². The molecule has 0 amide bonds. The zero-order valence-electron chi connectivity index (χ0n) is 9.76. The molecular formula is C14H17NOS. The number of anilines is 1. The van der Waals surface area contributed by atoms with Crippen molar-refractivity contribution in [1.29, 1.82) is 0 Å². The molecular weight excluding hydrogens is 230 g/mol. The maximum absolute atomic E-state index is 5.63. The van der Waals surface area contributed by atoms with Gasteiger partial charge in [0, 0.05) is 17.2 Å². The predicted octanol–water partition coefficient (Wildman–Crippen LogP) is 3.48. The minimum atomic E-state index is 0.736. The average Bonchev–Trinajstić information content (AvgIpc) is 2.84. The van der Waals surface area contributed by atoms with Crippen molar-refractivity contribution in [3.63, 3.8) is 0 Å². The van der Waals surface area contributed by atoms with Gasteiger partial charge in [0.15, 0.2) is 0 Å². The highest BCUT2D eigenvalue weighted by Gasteiger charge is 1.95. The Balaban J connectivity index is 1.61. The lowest BCUT2D eigenvalue weighted by Gasteiger charge is -2.03. The molecule has 0 radical (unpaired) electrons. The van der Waals surface area contributed by atoms with Crippen LogP contribution in [0.4, 0.5) is 5.69 Å². The third kappa shape index (κ3) is 4.21. The summed E-state index contributed by atoms with van der Waals surface area (Å²) in [7, 11) is 0. The van der Waals surface area contributed by atoms with Gasteiger partial charge < -0.3 is 10.5 Å². The maximum atomic E-state index is 5.63. The molecule has 0 aliphatic carbocycles. The van der Waals surface area contributed by atoms with E-state index in [-0.39, 0.29) is 0 Å². The van der Waals surface area contributed by atoms with Crippen molar-refractivity contribution in [2.75, 3.05) is 12.3 Å². The molecule has 0 saturated carbocycles. The van der Waals surface area contributed by atoms with Crippen molar-refractivity contribution < 1.29 is 4.74 Å². The number of rotatable bonds is 6. The lowest BCUT2D eigenvalue weighted by Crippen LogP contribution is -1.96. The summed E-state index contributed by atoms with van der Waals surface area (Å²) in [5, 5.41) is 2.08. The van der Waals surface area contributed by atoms with Crippen molar-refractivity contribution in [1.82, 2.24) is 0 Å². The molecule has 1 aromatic heterocycles. The lowest BCUT2D eigenvalue weighted by molar-refractivity contribution is 0.121. The molecule has 0 aliphatic heterocycles. The van der Waals surface area contributed by atoms with Gasteiger partial charge in [0.05, 0.1) is 6.61 Å². The summed E-state index contributed by atoms with van der Waals surface area (Å²) in [6.07, 6.45) is 2.10. The fraction of sp³-hybridized carbons (Fsp3) is 0.286. The first-order valence-corrected chi connectivity index (χ1v) is 6.67. The molecule has 0 bridgehead atoms. The molecule has 1 aromatic carbocycles. The second-order valence-corrected chi connectivity index (χ2v) is 5.01. The van der Waals surface area contributed by atoms with E-state index in [1.54, 1.807) is 11.3 Å². The topological polar surface area (TPSA) is 35.2 Å². The van der Waals surface area contributed by atoms with Crippen LogP contribution in [-0.2, 0) is 17.8 Å². The van der Waals surface area contributed by atoms with Gasteiger partial charge in [0.1, 0.15) is 0 Å². The van der Waals surface area contributed by atoms with E-state index >= 15 is 0 Å². The number of hydrogen-bond donors (Lipinski definition) is 1. The smallest absolute Gasteiger partial charge is 0.0809 e. The molecule has 0 atom stereocenters. The summed E-state index contributed by atoms with van der Waals surface area (Å²) in [5.41, 5.74) is 7.77. The van der Waals surface area contributed by atoms with Gasteiger partial charge in [-0.15, -0.1) is 11.3 Å². The monoisotopic (exact) mass is 247 g/mol. The zero-order valence-corrected chi connectivity index (χ0v) is 10.6. The van der Waals surface area contributed by atoms with E-state index in [0.29, 0.717) is 0 Å². The molecule has 2 nitrogen and oxygen atoms in total. The number of ether oxygens (including phenoxy) is 1. The van der Waals surface area contributed by atoms with Crippen LogP contribution in [0.3, 0.4) is 0 Å². The van der Waals surface area contributed by atoms with Crippen LogP contribution >= 0.6 is 11.3 Å². The molecule has 2 rings (SSSR count). The van der Waals surface area contributed by atoms with E-state index in [0.717, 1.165) is 31.7 Å². The Morgan fingerprint density at radius 2 is 1.94 bits per heavy atom. The number of aryl methyl sites for hydroxylation is 1. The minimum absolute atomic E-state index is 0.736. The molecule has 90 valence electrons. The molecule has 0 fully saturated rings. The highest BCUT2D eigenvalue weighted by molar-refractivity contribution is 7.09. The minimum Gasteiger partial charge on any atom is -0.399 e. The summed E-state index contributed by atoms with van der Waals surface area (Å²) in [4.78, 5) is 1.29. The number of nitrogen functional groups attached to an aromatic ring is 1. The second-order valence-electron chi connectivity index (χ2n) is 3.98. The highest BCUT2D eigenvalue weighted by atomic mass is 32.1. The Hall–Kier alpha value is -1.32. The van der Waals surface area contributed by atoms with Crippen LogP contribution in [0.1, 0.15) is 16.9 Å². The molecule has 2 N–H and O–H groups in total. The standard InChI is InChI=1S/C14H17NOS/c15-13-7-5-12(6-8-13)3-1-9-16-11-14-4-2-10-17-14/h2,4-8,10H,1,3,9,11,15H2. The SMILES string of the molecule is Nc1ccc(CCCOCc2cccs2)cc1. The van der Waals surface area contributed by atoms with Crippen molar-refractivity contribution in [3.8, 4) is 0 Å². The van der Waals surface area contributed by atoms with Crippen molar-refractivity contribution in [2.24, 2.45) is 0 Å². The molecule has 0 spiro atoms. The predicted molar refractivity (Wildman–Crippen MR) is 73.2 cm³/mol. The third-order valence-corrected chi connectivity index (χ3v) is 3.41. The molecule has 0 aliphatic rings. The fourth-order valence-corrected chi connectivity index (χ4v) is 2.27. The first-order valence-electron chi connectivity index (χ1n) is 5.79. The maximum Gasteiger partial charge on any atom is 0.0809 e. The quantitative estimate of drug-likeness (QED) is 0.626. The number of thiophene rings is 1. The van der Waals surface area contributed by atoms with Gasteiger partial charge in [0.2, 0.25) is 0 Å². The Morgan fingerprint density at radius 3 is 2.65 bits per heavy atom. The number of hydrogen-bond acceptors (Lipinski definition) is 3. The summed E-state index contributed by atoms with van der Waals surface area (Å²) in [6.45, 7) is 1.54. The summed E-state index contributed by atoms with van der Waals surface area (Å²) in [5.74, 6) is 0. The molecule has 17 heavy (non-hydrogen) atoms. The Morgan fingerprint density at radius 1 is 1.12 bits per heavy atom. The average molecular weight is 247 g/mol. The van der Waals surface area contributed by atoms with Gasteiger partial charge in [0.25, 0.3) is 0 Å². The Bertz CT molecular complexity index is 422. The van der Waals surface area contributed by atoms with Gasteiger partial charge in [-0.3, -0.25) is 0 Å². The first kappa shape index (κ1) is 12.1. The second kappa shape index (κ2) is 6.42. The first-order chi connectivity index (χ1) is 8.34. The van der Waals surface area contributed by atoms with Crippen molar-refractivity contribution >= 4 is 17.0 Å². The lowest BCUT2D eigenvalue weighted by atomic mass is 10.1. The van der Waals surface area contributed by atoms with Crippen molar-refractivity contribution in [3.05, 3.63) is 52.2 Å². The van der Waals surface area contributed by atoms with E-state index in [9.17, 15) is 0 Å². The molecule has 2 aromatic rings. The van der Waals surface area contributed by atoms with Crippen LogP contribution in [0.25, 0.3) is 0 Å². The zero-order chi connectivity index (χ0) is 11.9. The van der Waals surface area contributed by atoms with Crippen LogP contribution in [0.2, 0.25) is 0 Å². The van der Waals surface area contributed by atoms with Gasteiger partial charge >= 0.3 is 0 Å². The van der Waals surface area contributed by atoms with Gasteiger partial charge in [-0.05, 0) is 42.0 Å². The van der Waals surface area contributed by atoms with Gasteiger partial charge in [-0.25, -0.2) is 0 Å². The molecule has 0 saturated heterocycles. The Kier molecular flexibility index (Phi) is 4.59. The molecule has 0 unspecified atom stereocenters. The fourth-order valence-electron chi connectivity index (χ4n) is 1.63. The normalized spacial score (nSPS) is 10.6. The van der Waals surface area contributed by atoms with Crippen molar-refractivity contribution in [2.45, 2.75) is 19.4 Å². The van der Waals surface area contributed by atoms with E-state index in [4.69, 9.17) is 10.5 Å². The van der Waals surface area contributed by atoms with Crippen LogP contribution in [0.15, 0.2) is 41.8 Å². The summed E-state index contributed by atoms with van der Waals surface area (Å²) >= 11 is 1.74. The van der Waals surface area contributed by atoms with E-state index in [1.165, 1.54) is 10.4 Å². The summed E-state index contributed by atoms with van der Waals surface area (Å²) in [6, 6.07) is 12.2. The van der Waals surface area contributed by atoms with Crippen LogP contribution < -0.4 is 5.73 Å². The number of benzene rings is 1. The molecule has 1 heterocycles. The van der Waals surface area contributed by atoms with Crippen LogP contribution in [0, 0.1) is 0 Å². The largest absolute Gasteiger partial charge is 0.399 e. The van der Waals surface area contributed by atoms with E-state index in [1.807, 2.05) is 12.1 Å². The van der Waals surface area contributed by atoms with Crippen LogP contribution in [0.5, 0.6) is 0 Å². The van der Waals surface area contributed by atoms with E-state index in [2.05, 4.69) is 29.6 Å². The van der Waals surface area contributed by atoms with E-state index < -0.39 is 0 Å². The summed E-state index contributed by atoms with van der Waals surface area (Å²) < 4.78 is 5.61. The van der Waals surface area contributed by atoms with Gasteiger partial charge in [-0.2, -0.15) is 0 Å². The Labute approximate surface area is 106 Å². The third-order valence-electron chi connectivity index (χ3n) is 2.56. The molecule has 3 heteroatoms. The van der Waals surface area contributed by atoms with Crippen LogP contribution in [-0.4, -0.2) is 6.61 Å². The highest BCUT2D eigenvalue weighted by Crippen LogP contribution is 2.11. The number of nitrogens with two attached hydrogens (primary N) is 1.